The second-order valence-corrected chi connectivity index (χ2v) is 3.61. The van der Waals surface area contributed by atoms with Gasteiger partial charge in [-0.1, -0.05) is 30.3 Å². The van der Waals surface area contributed by atoms with Gasteiger partial charge in [0.1, 0.15) is 6.10 Å². The highest BCUT2D eigenvalue weighted by Gasteiger charge is 2.67. The van der Waals surface area contributed by atoms with Gasteiger partial charge in [-0.25, -0.2) is 0 Å². The van der Waals surface area contributed by atoms with Gasteiger partial charge in [0.15, 0.2) is 6.10 Å². The molecule has 1 heterocycles. The van der Waals surface area contributed by atoms with Crippen LogP contribution in [0.3, 0.4) is 0 Å². The first-order chi connectivity index (χ1) is 7.34. The molecule has 1 aliphatic rings. The molecule has 0 aromatic heterocycles. The molecule has 2 atom stereocenters. The molecular weight excluding hydrogens is 225 g/mol. The summed E-state index contributed by atoms with van der Waals surface area (Å²) in [6, 6.07) is 8.11. The molecule has 2 rings (SSSR count). The maximum absolute atomic E-state index is 12.2. The minimum absolute atomic E-state index is 0.490. The Hall–Kier alpha value is -1.11. The number of aliphatic hydroxyl groups is 2. The molecule has 1 aromatic rings. The van der Waals surface area contributed by atoms with E-state index >= 15 is 0 Å². The SMILES string of the molecule is OC(O)([C@H]1O[C@@H]1c1ccccc1)C(F)(F)F. The zero-order valence-corrected chi connectivity index (χ0v) is 7.98. The predicted octanol–water partition coefficient (Wildman–Crippen LogP) is 1.37. The van der Waals surface area contributed by atoms with Crippen molar-refractivity contribution in [2.75, 3.05) is 0 Å². The van der Waals surface area contributed by atoms with Crippen LogP contribution in [-0.2, 0) is 4.74 Å². The Kier molecular flexibility index (Phi) is 2.45. The summed E-state index contributed by atoms with van der Waals surface area (Å²) in [5.41, 5.74) is 0.490. The highest BCUT2D eigenvalue weighted by Crippen LogP contribution is 2.49. The summed E-state index contributed by atoms with van der Waals surface area (Å²) in [6.07, 6.45) is -7.70. The van der Waals surface area contributed by atoms with E-state index in [1.54, 1.807) is 30.3 Å². The molecule has 16 heavy (non-hydrogen) atoms. The van der Waals surface area contributed by atoms with Crippen molar-refractivity contribution in [2.24, 2.45) is 0 Å². The largest absolute Gasteiger partial charge is 0.445 e. The normalized spacial score (nSPS) is 25.6. The molecule has 2 N–H and O–H groups in total. The third-order valence-corrected chi connectivity index (χ3v) is 2.43. The lowest BCUT2D eigenvalue weighted by atomic mass is 10.0. The first-order valence-electron chi connectivity index (χ1n) is 4.56. The topological polar surface area (TPSA) is 53.0 Å². The quantitative estimate of drug-likeness (QED) is 0.600. The summed E-state index contributed by atoms with van der Waals surface area (Å²) < 4.78 is 41.4. The van der Waals surface area contributed by atoms with Crippen LogP contribution in [0.4, 0.5) is 13.2 Å². The highest BCUT2D eigenvalue weighted by atomic mass is 19.4. The maximum Gasteiger partial charge on any atom is 0.445 e. The molecule has 1 aromatic carbocycles. The van der Waals surface area contributed by atoms with Crippen molar-refractivity contribution in [3.8, 4) is 0 Å². The van der Waals surface area contributed by atoms with Gasteiger partial charge in [-0.05, 0) is 5.56 Å². The fourth-order valence-corrected chi connectivity index (χ4v) is 1.48. The predicted molar refractivity (Wildman–Crippen MR) is 47.3 cm³/mol. The van der Waals surface area contributed by atoms with Gasteiger partial charge in [-0.3, -0.25) is 0 Å². The van der Waals surface area contributed by atoms with Gasteiger partial charge in [0, 0.05) is 0 Å². The Morgan fingerprint density at radius 1 is 1.06 bits per heavy atom. The zero-order valence-electron chi connectivity index (χ0n) is 7.98. The third-order valence-electron chi connectivity index (χ3n) is 2.43. The lowest BCUT2D eigenvalue weighted by Gasteiger charge is -2.22. The second kappa shape index (κ2) is 3.44. The minimum Gasteiger partial charge on any atom is -0.358 e. The molecule has 0 saturated carbocycles. The van der Waals surface area contributed by atoms with Gasteiger partial charge >= 0.3 is 6.18 Å². The Labute approximate surface area is 89.1 Å². The Morgan fingerprint density at radius 3 is 2.12 bits per heavy atom. The molecule has 88 valence electrons. The fourth-order valence-electron chi connectivity index (χ4n) is 1.48. The van der Waals surface area contributed by atoms with E-state index < -0.39 is 24.2 Å². The minimum atomic E-state index is -5.12. The molecule has 3 nitrogen and oxygen atoms in total. The first-order valence-corrected chi connectivity index (χ1v) is 4.56. The monoisotopic (exact) mass is 234 g/mol. The summed E-state index contributed by atoms with van der Waals surface area (Å²) in [4.78, 5) is 0. The molecule has 0 radical (unpaired) electrons. The van der Waals surface area contributed by atoms with Crippen LogP contribution in [0.15, 0.2) is 30.3 Å². The van der Waals surface area contributed by atoms with E-state index in [0.717, 1.165) is 0 Å². The van der Waals surface area contributed by atoms with Crippen molar-refractivity contribution in [3.05, 3.63) is 35.9 Å². The Morgan fingerprint density at radius 2 is 1.62 bits per heavy atom. The Balaban J connectivity index is 2.13. The van der Waals surface area contributed by atoms with Gasteiger partial charge < -0.3 is 14.9 Å². The number of benzene rings is 1. The van der Waals surface area contributed by atoms with Crippen LogP contribution in [0.5, 0.6) is 0 Å². The molecule has 0 aliphatic carbocycles. The van der Waals surface area contributed by atoms with E-state index in [4.69, 9.17) is 10.2 Å². The number of ether oxygens (including phenoxy) is 1. The van der Waals surface area contributed by atoms with Gasteiger partial charge in [-0.15, -0.1) is 0 Å². The molecule has 1 aliphatic heterocycles. The molecule has 0 unspecified atom stereocenters. The lowest BCUT2D eigenvalue weighted by Crippen LogP contribution is -2.50. The summed E-state index contributed by atoms with van der Waals surface area (Å²) >= 11 is 0. The van der Waals surface area contributed by atoms with Crippen molar-refractivity contribution in [1.82, 2.24) is 0 Å². The molecule has 1 fully saturated rings. The maximum atomic E-state index is 12.2. The standard InChI is InChI=1S/C10H9F3O3/c11-10(12,13)9(14,15)8-7(16-8)6-4-2-1-3-5-6/h1-5,7-8,14-15H/t7-,8+/m1/s1. The van der Waals surface area contributed by atoms with Gasteiger partial charge in [-0.2, -0.15) is 13.2 Å². The molecule has 0 bridgehead atoms. The molecule has 6 heteroatoms. The summed E-state index contributed by atoms with van der Waals surface area (Å²) in [7, 11) is 0. The van der Waals surface area contributed by atoms with Crippen LogP contribution in [0.2, 0.25) is 0 Å². The highest BCUT2D eigenvalue weighted by molar-refractivity contribution is 5.24. The van der Waals surface area contributed by atoms with Gasteiger partial charge in [0.25, 0.3) is 5.79 Å². The van der Waals surface area contributed by atoms with Crippen LogP contribution in [-0.4, -0.2) is 28.3 Å². The fraction of sp³-hybridized carbons (Fsp3) is 0.400. The number of hydrogen-bond acceptors (Lipinski definition) is 3. The summed E-state index contributed by atoms with van der Waals surface area (Å²) in [6.45, 7) is 0. The van der Waals surface area contributed by atoms with Crippen LogP contribution in [0, 0.1) is 0 Å². The van der Waals surface area contributed by atoms with Gasteiger partial charge in [0.05, 0.1) is 0 Å². The van der Waals surface area contributed by atoms with Crippen molar-refractivity contribution in [3.63, 3.8) is 0 Å². The molecule has 1 saturated heterocycles. The molecule has 0 amide bonds. The van der Waals surface area contributed by atoms with E-state index in [9.17, 15) is 13.2 Å². The lowest BCUT2D eigenvalue weighted by molar-refractivity contribution is -0.355. The van der Waals surface area contributed by atoms with Crippen LogP contribution < -0.4 is 0 Å². The van der Waals surface area contributed by atoms with E-state index in [-0.39, 0.29) is 0 Å². The van der Waals surface area contributed by atoms with Crippen molar-refractivity contribution in [1.29, 1.82) is 0 Å². The van der Waals surface area contributed by atoms with E-state index in [2.05, 4.69) is 4.74 Å². The first kappa shape index (κ1) is 11.4. The summed E-state index contributed by atoms with van der Waals surface area (Å²) in [5, 5.41) is 17.9. The van der Waals surface area contributed by atoms with E-state index in [1.807, 2.05) is 0 Å². The Bertz CT molecular complexity index is 375. The second-order valence-electron chi connectivity index (χ2n) is 3.61. The summed E-state index contributed by atoms with van der Waals surface area (Å²) in [5.74, 6) is -3.80. The third kappa shape index (κ3) is 1.79. The van der Waals surface area contributed by atoms with Crippen molar-refractivity contribution >= 4 is 0 Å². The van der Waals surface area contributed by atoms with Crippen molar-refractivity contribution in [2.45, 2.75) is 24.2 Å². The smallest absolute Gasteiger partial charge is 0.358 e. The molecule has 0 spiro atoms. The van der Waals surface area contributed by atoms with E-state index in [0.29, 0.717) is 5.56 Å². The average molecular weight is 234 g/mol. The van der Waals surface area contributed by atoms with Crippen LogP contribution >= 0.6 is 0 Å². The van der Waals surface area contributed by atoms with Crippen LogP contribution in [0.1, 0.15) is 11.7 Å². The average Bonchev–Trinajstić information content (AvgIpc) is 2.97. The van der Waals surface area contributed by atoms with Crippen LogP contribution in [0.25, 0.3) is 0 Å². The zero-order chi connectivity index (χ0) is 12.0. The number of halogens is 3. The van der Waals surface area contributed by atoms with Gasteiger partial charge in [0.2, 0.25) is 0 Å². The number of rotatable bonds is 2. The number of hydrogen-bond donors (Lipinski definition) is 2. The molecular formula is C10H9F3O3. The number of alkyl halides is 3. The number of epoxide rings is 1. The van der Waals surface area contributed by atoms with Crippen molar-refractivity contribution < 1.29 is 28.1 Å². The van der Waals surface area contributed by atoms with E-state index in [1.165, 1.54) is 0 Å².